The van der Waals surface area contributed by atoms with E-state index in [0.717, 1.165) is 44.5 Å². The van der Waals surface area contributed by atoms with E-state index in [4.69, 9.17) is 0 Å². The summed E-state index contributed by atoms with van der Waals surface area (Å²) in [5.41, 5.74) is 3.85. The largest absolute Gasteiger partial charge is 0.390 e. The van der Waals surface area contributed by atoms with Gasteiger partial charge in [-0.2, -0.15) is 0 Å². The van der Waals surface area contributed by atoms with Crippen LogP contribution in [0.15, 0.2) is 36.5 Å². The molecule has 3 aliphatic rings. The fourth-order valence-electron chi connectivity index (χ4n) is 5.85. The summed E-state index contributed by atoms with van der Waals surface area (Å²) in [5.74, 6) is 0.742. The molecule has 2 atom stereocenters. The molecule has 8 heteroatoms. The molecule has 2 amide bonds. The van der Waals surface area contributed by atoms with Crippen LogP contribution in [0.2, 0.25) is 0 Å². The van der Waals surface area contributed by atoms with E-state index in [-0.39, 0.29) is 35.9 Å². The predicted molar refractivity (Wildman–Crippen MR) is 139 cm³/mol. The normalized spacial score (nSPS) is 22.6. The molecule has 1 saturated heterocycles. The van der Waals surface area contributed by atoms with Gasteiger partial charge in [-0.05, 0) is 42.0 Å². The summed E-state index contributed by atoms with van der Waals surface area (Å²) in [6.07, 6.45) is 3.62. The van der Waals surface area contributed by atoms with Gasteiger partial charge in [-0.3, -0.25) is 9.59 Å². The van der Waals surface area contributed by atoms with Crippen molar-refractivity contribution in [3.05, 3.63) is 58.8 Å². The first kappa shape index (κ1) is 24.7. The highest BCUT2D eigenvalue weighted by atomic mass is 16.3. The van der Waals surface area contributed by atoms with Crippen molar-refractivity contribution in [2.75, 3.05) is 31.5 Å². The molecular weight excluding hydrogens is 454 g/mol. The monoisotopic (exact) mass is 491 g/mol. The summed E-state index contributed by atoms with van der Waals surface area (Å²) in [6, 6.07) is 10.3. The zero-order valence-electron chi connectivity index (χ0n) is 21.5. The van der Waals surface area contributed by atoms with Crippen LogP contribution >= 0.6 is 0 Å². The van der Waals surface area contributed by atoms with Crippen LogP contribution in [0.3, 0.4) is 0 Å². The predicted octanol–water partition coefficient (Wildman–Crippen LogP) is 2.31. The average molecular weight is 492 g/mol. The summed E-state index contributed by atoms with van der Waals surface area (Å²) in [4.78, 5) is 33.5. The Hall–Kier alpha value is -2.97. The van der Waals surface area contributed by atoms with Gasteiger partial charge in [0, 0.05) is 68.9 Å². The smallest absolute Gasteiger partial charge is 0.254 e. The van der Waals surface area contributed by atoms with Crippen molar-refractivity contribution in [2.45, 2.75) is 70.2 Å². The fraction of sp³-hybridized carbons (Fsp3) is 0.536. The Morgan fingerprint density at radius 1 is 1.25 bits per heavy atom. The molecule has 1 fully saturated rings. The number of hydrogen-bond acceptors (Lipinski definition) is 6. The topological polar surface area (TPSA) is 97.8 Å². The fourth-order valence-corrected chi connectivity index (χ4v) is 5.85. The number of piperidine rings is 1. The summed E-state index contributed by atoms with van der Waals surface area (Å²) in [7, 11) is 0. The number of aromatic nitrogens is 1. The number of rotatable bonds is 5. The maximum absolute atomic E-state index is 13.6. The molecule has 2 aromatic rings. The Morgan fingerprint density at radius 2 is 1.97 bits per heavy atom. The summed E-state index contributed by atoms with van der Waals surface area (Å²) in [6.45, 7) is 8.88. The molecule has 1 unspecified atom stereocenters. The second-order valence-electron chi connectivity index (χ2n) is 11.1. The number of benzene rings is 1. The standard InChI is InChI=1S/C28H37N5O3/c1-18(34)32-10-8-21(9-11-32)31-26-13-22-23(15-30-26)28(2,3)17-33(27(22)36)16-25(35)24-12-19-6-4-5-7-20(19)14-29-24/h4-7,13,15,21,24-25,29,35H,8-12,14,16-17H2,1-3H3,(H,30,31)/t24-,25?/m0/s1. The Bertz CT molecular complexity index is 1140. The van der Waals surface area contributed by atoms with Crippen molar-refractivity contribution in [1.82, 2.24) is 20.1 Å². The molecular formula is C28H37N5O3. The minimum absolute atomic E-state index is 0.0589. The number of pyridine rings is 1. The van der Waals surface area contributed by atoms with Gasteiger partial charge in [0.15, 0.2) is 0 Å². The van der Waals surface area contributed by atoms with Crippen molar-refractivity contribution in [1.29, 1.82) is 0 Å². The molecule has 0 spiro atoms. The minimum Gasteiger partial charge on any atom is -0.390 e. The van der Waals surface area contributed by atoms with E-state index in [1.54, 1.807) is 11.8 Å². The Balaban J connectivity index is 1.28. The SMILES string of the molecule is CC(=O)N1CCC(Nc2cc3c(cn2)C(C)(C)CN(CC(O)[C@@H]2Cc4ccccc4CN2)C3=O)CC1. The van der Waals surface area contributed by atoms with E-state index in [0.29, 0.717) is 17.9 Å². The van der Waals surface area contributed by atoms with E-state index in [2.05, 4.69) is 41.6 Å². The number of aliphatic hydroxyl groups excluding tert-OH is 1. The van der Waals surface area contributed by atoms with E-state index in [1.807, 2.05) is 29.3 Å². The number of anilines is 1. The number of hydrogen-bond donors (Lipinski definition) is 3. The third-order valence-electron chi connectivity index (χ3n) is 8.01. The maximum atomic E-state index is 13.6. The molecule has 4 heterocycles. The molecule has 8 nitrogen and oxygen atoms in total. The first-order valence-electron chi connectivity index (χ1n) is 13.0. The van der Waals surface area contributed by atoms with Gasteiger partial charge in [0.25, 0.3) is 5.91 Å². The van der Waals surface area contributed by atoms with Crippen molar-refractivity contribution >= 4 is 17.6 Å². The van der Waals surface area contributed by atoms with Gasteiger partial charge in [-0.1, -0.05) is 38.1 Å². The van der Waals surface area contributed by atoms with E-state index in [9.17, 15) is 14.7 Å². The van der Waals surface area contributed by atoms with Gasteiger partial charge in [0.05, 0.1) is 6.10 Å². The summed E-state index contributed by atoms with van der Waals surface area (Å²) in [5, 5.41) is 18.0. The van der Waals surface area contributed by atoms with E-state index < -0.39 is 6.10 Å². The number of carbonyl (C=O) groups excluding carboxylic acids is 2. The average Bonchev–Trinajstić information content (AvgIpc) is 2.87. The number of likely N-dealkylation sites (tertiary alicyclic amines) is 1. The van der Waals surface area contributed by atoms with Gasteiger partial charge in [0.2, 0.25) is 5.91 Å². The molecule has 5 rings (SSSR count). The van der Waals surface area contributed by atoms with Gasteiger partial charge >= 0.3 is 0 Å². The van der Waals surface area contributed by atoms with Crippen LogP contribution in [0.5, 0.6) is 0 Å². The number of amides is 2. The first-order valence-corrected chi connectivity index (χ1v) is 13.0. The molecule has 0 radical (unpaired) electrons. The third kappa shape index (κ3) is 4.97. The lowest BCUT2D eigenvalue weighted by Gasteiger charge is -2.41. The van der Waals surface area contributed by atoms with Crippen LogP contribution < -0.4 is 10.6 Å². The molecule has 0 saturated carbocycles. The number of nitrogens with zero attached hydrogens (tertiary/aromatic N) is 3. The van der Waals surface area contributed by atoms with Crippen molar-refractivity contribution < 1.29 is 14.7 Å². The molecule has 0 aliphatic carbocycles. The summed E-state index contributed by atoms with van der Waals surface area (Å²) < 4.78 is 0. The zero-order valence-corrected chi connectivity index (χ0v) is 21.5. The Morgan fingerprint density at radius 3 is 2.69 bits per heavy atom. The number of nitrogens with one attached hydrogen (secondary N) is 2. The van der Waals surface area contributed by atoms with Crippen LogP contribution in [0, 0.1) is 0 Å². The van der Waals surface area contributed by atoms with Gasteiger partial charge < -0.3 is 25.5 Å². The van der Waals surface area contributed by atoms with Crippen LogP contribution in [-0.2, 0) is 23.2 Å². The highest BCUT2D eigenvalue weighted by Crippen LogP contribution is 2.34. The number of aliphatic hydroxyl groups is 1. The highest BCUT2D eigenvalue weighted by Gasteiger charge is 2.39. The van der Waals surface area contributed by atoms with Gasteiger partial charge in [0.1, 0.15) is 5.82 Å². The second kappa shape index (κ2) is 9.82. The number of fused-ring (bicyclic) bond motifs is 2. The lowest BCUT2D eigenvalue weighted by atomic mass is 9.78. The van der Waals surface area contributed by atoms with Crippen LogP contribution in [0.1, 0.15) is 60.7 Å². The molecule has 36 heavy (non-hydrogen) atoms. The van der Waals surface area contributed by atoms with E-state index >= 15 is 0 Å². The second-order valence-corrected chi connectivity index (χ2v) is 11.1. The Labute approximate surface area is 213 Å². The summed E-state index contributed by atoms with van der Waals surface area (Å²) >= 11 is 0. The highest BCUT2D eigenvalue weighted by molar-refractivity contribution is 5.98. The van der Waals surface area contributed by atoms with Crippen molar-refractivity contribution in [3.63, 3.8) is 0 Å². The molecule has 1 aromatic heterocycles. The third-order valence-corrected chi connectivity index (χ3v) is 8.01. The van der Waals surface area contributed by atoms with Crippen LogP contribution in [0.25, 0.3) is 0 Å². The van der Waals surface area contributed by atoms with Crippen LogP contribution in [-0.4, -0.2) is 76.1 Å². The lowest BCUT2D eigenvalue weighted by Crippen LogP contribution is -2.54. The van der Waals surface area contributed by atoms with Crippen molar-refractivity contribution in [2.24, 2.45) is 0 Å². The van der Waals surface area contributed by atoms with Gasteiger partial charge in [-0.15, -0.1) is 0 Å². The molecule has 3 aliphatic heterocycles. The van der Waals surface area contributed by atoms with E-state index in [1.165, 1.54) is 11.1 Å². The first-order chi connectivity index (χ1) is 17.2. The lowest BCUT2D eigenvalue weighted by molar-refractivity contribution is -0.129. The minimum atomic E-state index is -0.662. The number of β-amino-alcohol motifs (C(OH)–C–C–N with tert-alkyl or cyclic N) is 1. The number of carbonyl (C=O) groups is 2. The molecule has 3 N–H and O–H groups in total. The van der Waals surface area contributed by atoms with Crippen LogP contribution in [0.4, 0.5) is 5.82 Å². The Kier molecular flexibility index (Phi) is 6.74. The molecule has 192 valence electrons. The molecule has 1 aromatic carbocycles. The maximum Gasteiger partial charge on any atom is 0.254 e. The molecule has 0 bridgehead atoms. The zero-order chi connectivity index (χ0) is 25.4. The quantitative estimate of drug-likeness (QED) is 0.594. The van der Waals surface area contributed by atoms with Gasteiger partial charge in [-0.25, -0.2) is 4.98 Å². The van der Waals surface area contributed by atoms with Crippen molar-refractivity contribution in [3.8, 4) is 0 Å².